The molecule has 0 saturated carbocycles. The Morgan fingerprint density at radius 1 is 1.40 bits per heavy atom. The molecule has 2 rings (SSSR count). The Labute approximate surface area is 87.1 Å². The van der Waals surface area contributed by atoms with Crippen molar-refractivity contribution >= 4 is 15.8 Å². The highest BCUT2D eigenvalue weighted by molar-refractivity contribution is 7.91. The van der Waals surface area contributed by atoms with Crippen LogP contribution in [0.15, 0.2) is 0 Å². The first-order valence-electron chi connectivity index (χ1n) is 4.68. The lowest BCUT2D eigenvalue weighted by atomic mass is 10.1. The first-order valence-corrected chi connectivity index (χ1v) is 6.50. The summed E-state index contributed by atoms with van der Waals surface area (Å²) in [5.41, 5.74) is 0. The zero-order valence-electron chi connectivity index (χ0n) is 7.96. The molecule has 15 heavy (non-hydrogen) atoms. The van der Waals surface area contributed by atoms with Crippen molar-refractivity contribution in [1.29, 1.82) is 0 Å². The van der Waals surface area contributed by atoms with Gasteiger partial charge in [-0.2, -0.15) is 0 Å². The number of hydrogen-bond acceptors (Lipinski definition) is 5. The Morgan fingerprint density at radius 3 is 2.60 bits per heavy atom. The third kappa shape index (κ3) is 2.30. The molecule has 7 heteroatoms. The van der Waals surface area contributed by atoms with Gasteiger partial charge in [-0.3, -0.25) is 0 Å². The van der Waals surface area contributed by atoms with Gasteiger partial charge in [0.2, 0.25) is 0 Å². The molecule has 1 N–H and O–H groups in total. The molecule has 0 aromatic heterocycles. The minimum atomic E-state index is -2.98. The van der Waals surface area contributed by atoms with Crippen molar-refractivity contribution in [3.05, 3.63) is 0 Å². The quantitative estimate of drug-likeness (QED) is 0.678. The minimum Gasteiger partial charge on any atom is -0.479 e. The lowest BCUT2D eigenvalue weighted by Gasteiger charge is -2.15. The largest absolute Gasteiger partial charge is 0.479 e. The van der Waals surface area contributed by atoms with Crippen LogP contribution in [0.1, 0.15) is 6.42 Å². The van der Waals surface area contributed by atoms with Crippen molar-refractivity contribution in [1.82, 2.24) is 0 Å². The highest BCUT2D eigenvalue weighted by Gasteiger charge is 2.41. The van der Waals surface area contributed by atoms with Gasteiger partial charge in [0, 0.05) is 5.92 Å². The molecule has 0 bridgehead atoms. The lowest BCUT2D eigenvalue weighted by Crippen LogP contribution is -2.26. The molecular weight excluding hydrogens is 224 g/mol. The van der Waals surface area contributed by atoms with Crippen LogP contribution < -0.4 is 0 Å². The average molecular weight is 236 g/mol. The summed E-state index contributed by atoms with van der Waals surface area (Å²) in [7, 11) is -2.98. The van der Waals surface area contributed by atoms with Crippen LogP contribution >= 0.6 is 0 Å². The molecule has 2 heterocycles. The molecule has 2 aliphatic heterocycles. The Kier molecular flexibility index (Phi) is 2.70. The predicted molar refractivity (Wildman–Crippen MR) is 49.0 cm³/mol. The summed E-state index contributed by atoms with van der Waals surface area (Å²) < 4.78 is 32.6. The van der Waals surface area contributed by atoms with Crippen molar-refractivity contribution in [2.75, 3.05) is 18.1 Å². The van der Waals surface area contributed by atoms with Gasteiger partial charge >= 0.3 is 5.97 Å². The summed E-state index contributed by atoms with van der Waals surface area (Å²) in [5.74, 6) is -1.12. The van der Waals surface area contributed by atoms with Crippen molar-refractivity contribution < 1.29 is 27.8 Å². The maximum atomic E-state index is 11.2. The monoisotopic (exact) mass is 236 g/mol. The molecule has 0 radical (unpaired) electrons. The minimum absolute atomic E-state index is 0.00342. The number of aliphatic carboxylic acids is 1. The summed E-state index contributed by atoms with van der Waals surface area (Å²) in [6.07, 6.45) is -1.15. The SMILES string of the molecule is O=C(O)C1COC(C2CCS(=O)(=O)C2)O1. The van der Waals surface area contributed by atoms with Gasteiger partial charge in [-0.25, -0.2) is 13.2 Å². The second kappa shape index (κ2) is 3.73. The summed E-state index contributed by atoms with van der Waals surface area (Å²) >= 11 is 0. The normalized spacial score (nSPS) is 39.3. The van der Waals surface area contributed by atoms with Crippen LogP contribution in [0.3, 0.4) is 0 Å². The van der Waals surface area contributed by atoms with E-state index in [2.05, 4.69) is 0 Å². The number of rotatable bonds is 2. The number of carboxylic acid groups (broad SMARTS) is 1. The number of carboxylic acids is 1. The van der Waals surface area contributed by atoms with Gasteiger partial charge in [0.15, 0.2) is 22.2 Å². The summed E-state index contributed by atoms with van der Waals surface area (Å²) in [6, 6.07) is 0. The molecule has 2 saturated heterocycles. The first kappa shape index (κ1) is 10.8. The van der Waals surface area contributed by atoms with Crippen molar-refractivity contribution in [3.63, 3.8) is 0 Å². The lowest BCUT2D eigenvalue weighted by molar-refractivity contribution is -0.153. The van der Waals surface area contributed by atoms with Crippen molar-refractivity contribution in [2.45, 2.75) is 18.8 Å². The molecule has 2 aliphatic rings. The van der Waals surface area contributed by atoms with E-state index in [1.165, 1.54) is 0 Å². The van der Waals surface area contributed by atoms with Crippen LogP contribution in [0, 0.1) is 5.92 Å². The molecule has 3 atom stereocenters. The summed E-state index contributed by atoms with van der Waals surface area (Å²) in [6.45, 7) is -0.00342. The number of hydrogen-bond donors (Lipinski definition) is 1. The van der Waals surface area contributed by atoms with Crippen LogP contribution in [0.2, 0.25) is 0 Å². The van der Waals surface area contributed by atoms with Crippen molar-refractivity contribution in [3.8, 4) is 0 Å². The van der Waals surface area contributed by atoms with Gasteiger partial charge in [0.25, 0.3) is 0 Å². The number of ether oxygens (including phenoxy) is 2. The van der Waals surface area contributed by atoms with Crippen LogP contribution in [0.4, 0.5) is 0 Å². The van der Waals surface area contributed by atoms with E-state index < -0.39 is 28.2 Å². The topological polar surface area (TPSA) is 89.9 Å². The van der Waals surface area contributed by atoms with Gasteiger partial charge in [-0.05, 0) is 6.42 Å². The molecule has 2 fully saturated rings. The second-order valence-electron chi connectivity index (χ2n) is 3.83. The van der Waals surface area contributed by atoms with Gasteiger partial charge in [-0.15, -0.1) is 0 Å². The van der Waals surface area contributed by atoms with E-state index >= 15 is 0 Å². The van der Waals surface area contributed by atoms with E-state index in [1.54, 1.807) is 0 Å². The van der Waals surface area contributed by atoms with Crippen LogP contribution in [-0.4, -0.2) is 50.0 Å². The van der Waals surface area contributed by atoms with Gasteiger partial charge in [0.1, 0.15) is 0 Å². The van der Waals surface area contributed by atoms with E-state index in [1.807, 2.05) is 0 Å². The Bertz CT molecular complexity index is 361. The molecule has 3 unspecified atom stereocenters. The molecule has 0 aliphatic carbocycles. The van der Waals surface area contributed by atoms with Crippen LogP contribution in [0.25, 0.3) is 0 Å². The zero-order chi connectivity index (χ0) is 11.1. The van der Waals surface area contributed by atoms with Gasteiger partial charge in [0.05, 0.1) is 18.1 Å². The third-order valence-corrected chi connectivity index (χ3v) is 4.43. The Balaban J connectivity index is 1.95. The summed E-state index contributed by atoms with van der Waals surface area (Å²) in [5, 5.41) is 8.65. The predicted octanol–water partition coefficient (Wildman–Crippen LogP) is -0.753. The standard InChI is InChI=1S/C8H12O6S/c9-7(10)6-3-13-8(14-6)5-1-2-15(11,12)4-5/h5-6,8H,1-4H2,(H,9,10). The van der Waals surface area contributed by atoms with E-state index in [-0.39, 0.29) is 24.0 Å². The maximum absolute atomic E-state index is 11.2. The molecule has 6 nitrogen and oxygen atoms in total. The fourth-order valence-electron chi connectivity index (χ4n) is 1.84. The first-order chi connectivity index (χ1) is 6.98. The fraction of sp³-hybridized carbons (Fsp3) is 0.875. The molecule has 86 valence electrons. The highest BCUT2D eigenvalue weighted by Crippen LogP contribution is 2.28. The third-order valence-electron chi connectivity index (χ3n) is 2.64. The highest BCUT2D eigenvalue weighted by atomic mass is 32.2. The number of sulfone groups is 1. The maximum Gasteiger partial charge on any atom is 0.335 e. The molecule has 0 amide bonds. The van der Waals surface area contributed by atoms with Crippen LogP contribution in [0.5, 0.6) is 0 Å². The van der Waals surface area contributed by atoms with E-state index in [0.29, 0.717) is 6.42 Å². The molecule has 0 aromatic carbocycles. The van der Waals surface area contributed by atoms with Gasteiger partial charge < -0.3 is 14.6 Å². The molecule has 0 aromatic rings. The average Bonchev–Trinajstić information content (AvgIpc) is 2.70. The smallest absolute Gasteiger partial charge is 0.335 e. The van der Waals surface area contributed by atoms with Crippen LogP contribution in [-0.2, 0) is 24.1 Å². The van der Waals surface area contributed by atoms with E-state index in [9.17, 15) is 13.2 Å². The number of carbonyl (C=O) groups is 1. The summed E-state index contributed by atoms with van der Waals surface area (Å²) in [4.78, 5) is 10.6. The second-order valence-corrected chi connectivity index (χ2v) is 6.06. The Morgan fingerprint density at radius 2 is 2.13 bits per heavy atom. The fourth-order valence-corrected chi connectivity index (χ4v) is 3.64. The zero-order valence-corrected chi connectivity index (χ0v) is 8.77. The van der Waals surface area contributed by atoms with Crippen molar-refractivity contribution in [2.24, 2.45) is 5.92 Å². The molecular formula is C8H12O6S. The van der Waals surface area contributed by atoms with E-state index in [4.69, 9.17) is 14.6 Å². The van der Waals surface area contributed by atoms with Gasteiger partial charge in [-0.1, -0.05) is 0 Å². The molecule has 0 spiro atoms. The Hall–Kier alpha value is -0.660. The van der Waals surface area contributed by atoms with E-state index in [0.717, 1.165) is 0 Å².